The number of benzene rings is 1. The monoisotopic (exact) mass is 323 g/mol. The van der Waals surface area contributed by atoms with Gasteiger partial charge in [-0.2, -0.15) is 5.10 Å². The summed E-state index contributed by atoms with van der Waals surface area (Å²) in [5.74, 6) is -0.455. The van der Waals surface area contributed by atoms with Crippen LogP contribution in [0.15, 0.2) is 55.2 Å². The summed E-state index contributed by atoms with van der Waals surface area (Å²) in [6.07, 6.45) is 4.58. The Hall–Kier alpha value is -3.22. The summed E-state index contributed by atoms with van der Waals surface area (Å²) >= 11 is 0. The van der Waals surface area contributed by atoms with Gasteiger partial charge in [0.2, 0.25) is 0 Å². The Bertz CT molecular complexity index is 830. The molecule has 24 heavy (non-hydrogen) atoms. The molecule has 0 unspecified atom stereocenters. The van der Waals surface area contributed by atoms with E-state index < -0.39 is 0 Å². The summed E-state index contributed by atoms with van der Waals surface area (Å²) in [5, 5.41) is 13.9. The summed E-state index contributed by atoms with van der Waals surface area (Å²) in [5.41, 5.74) is 1.90. The molecule has 7 nitrogen and oxygen atoms in total. The Morgan fingerprint density at radius 3 is 2.62 bits per heavy atom. The highest BCUT2D eigenvalue weighted by molar-refractivity contribution is 5.94. The Labute approximate surface area is 139 Å². The lowest BCUT2D eigenvalue weighted by Crippen LogP contribution is -2.30. The van der Waals surface area contributed by atoms with E-state index in [0.717, 1.165) is 11.3 Å². The van der Waals surface area contributed by atoms with E-state index in [4.69, 9.17) is 0 Å². The number of hydrogen-bond donors (Lipinski definition) is 1. The highest BCUT2D eigenvalue weighted by atomic mass is 16.3. The fourth-order valence-electron chi connectivity index (χ4n) is 2.38. The molecule has 0 bridgehead atoms. The third-order valence-electron chi connectivity index (χ3n) is 3.95. The van der Waals surface area contributed by atoms with Crippen LogP contribution in [0.4, 0.5) is 0 Å². The lowest BCUT2D eigenvalue weighted by Gasteiger charge is -2.25. The van der Waals surface area contributed by atoms with Crippen LogP contribution < -0.4 is 0 Å². The van der Waals surface area contributed by atoms with Crippen LogP contribution in [-0.2, 0) is 0 Å². The van der Waals surface area contributed by atoms with Crippen molar-refractivity contribution in [1.29, 1.82) is 0 Å². The number of pyridine rings is 1. The van der Waals surface area contributed by atoms with Gasteiger partial charge >= 0.3 is 0 Å². The van der Waals surface area contributed by atoms with Crippen molar-refractivity contribution in [1.82, 2.24) is 24.6 Å². The van der Waals surface area contributed by atoms with E-state index >= 15 is 0 Å². The molecule has 0 aliphatic carbocycles. The molecular formula is C17H17N5O2. The standard InChI is InChI=1S/C17H17N5O2/c1-12(21(2)17(24)16-15(23)4-3-9-19-16)13-5-7-14(8-6-13)22-11-18-10-20-22/h3-12,23H,1-2H3/t12-/m0/s1. The van der Waals surface area contributed by atoms with Crippen LogP contribution in [0.1, 0.15) is 29.0 Å². The van der Waals surface area contributed by atoms with Gasteiger partial charge in [-0.15, -0.1) is 0 Å². The van der Waals surface area contributed by atoms with Gasteiger partial charge < -0.3 is 10.0 Å². The Balaban J connectivity index is 1.79. The molecule has 1 aromatic carbocycles. The first-order valence-corrected chi connectivity index (χ1v) is 7.44. The topological polar surface area (TPSA) is 84.1 Å². The molecular weight excluding hydrogens is 306 g/mol. The summed E-state index contributed by atoms with van der Waals surface area (Å²) in [6, 6.07) is 10.6. The van der Waals surface area contributed by atoms with Gasteiger partial charge in [0.05, 0.1) is 11.7 Å². The molecule has 0 fully saturated rings. The van der Waals surface area contributed by atoms with Crippen molar-refractivity contribution >= 4 is 5.91 Å². The number of amides is 1. The molecule has 0 saturated heterocycles. The lowest BCUT2D eigenvalue weighted by atomic mass is 10.1. The normalized spacial score (nSPS) is 11.9. The molecule has 3 rings (SSSR count). The van der Waals surface area contributed by atoms with E-state index in [1.807, 2.05) is 31.2 Å². The number of hydrogen-bond acceptors (Lipinski definition) is 5. The Morgan fingerprint density at radius 2 is 2.00 bits per heavy atom. The minimum atomic E-state index is -0.332. The molecule has 1 amide bonds. The maximum Gasteiger partial charge on any atom is 0.276 e. The van der Waals surface area contributed by atoms with Crippen molar-refractivity contribution in [3.05, 3.63) is 66.5 Å². The van der Waals surface area contributed by atoms with Gasteiger partial charge in [-0.1, -0.05) is 12.1 Å². The first-order valence-electron chi connectivity index (χ1n) is 7.44. The Kier molecular flexibility index (Phi) is 4.24. The largest absolute Gasteiger partial charge is 0.505 e. The molecule has 2 aromatic heterocycles. The highest BCUT2D eigenvalue weighted by Gasteiger charge is 2.22. The van der Waals surface area contributed by atoms with Crippen LogP contribution in [0.3, 0.4) is 0 Å². The predicted octanol–water partition coefficient (Wildman–Crippen LogP) is 2.20. The van der Waals surface area contributed by atoms with Gasteiger partial charge in [0, 0.05) is 13.2 Å². The van der Waals surface area contributed by atoms with Crippen molar-refractivity contribution in [2.45, 2.75) is 13.0 Å². The van der Waals surface area contributed by atoms with E-state index in [0.29, 0.717) is 0 Å². The lowest BCUT2D eigenvalue weighted by molar-refractivity contribution is 0.0733. The van der Waals surface area contributed by atoms with Crippen LogP contribution in [0.25, 0.3) is 5.69 Å². The van der Waals surface area contributed by atoms with Gasteiger partial charge in [-0.05, 0) is 36.8 Å². The fourth-order valence-corrected chi connectivity index (χ4v) is 2.38. The average molecular weight is 323 g/mol. The van der Waals surface area contributed by atoms with Gasteiger partial charge in [0.25, 0.3) is 5.91 Å². The third kappa shape index (κ3) is 2.96. The quantitative estimate of drug-likeness (QED) is 0.795. The molecule has 1 N–H and O–H groups in total. The van der Waals surface area contributed by atoms with E-state index in [-0.39, 0.29) is 23.4 Å². The molecule has 3 aromatic rings. The van der Waals surface area contributed by atoms with E-state index in [2.05, 4.69) is 15.1 Å². The molecule has 0 spiro atoms. The second kappa shape index (κ2) is 6.49. The average Bonchev–Trinajstić information content (AvgIpc) is 3.15. The second-order valence-corrected chi connectivity index (χ2v) is 5.39. The van der Waals surface area contributed by atoms with Crippen LogP contribution >= 0.6 is 0 Å². The van der Waals surface area contributed by atoms with Gasteiger partial charge in [0.1, 0.15) is 18.4 Å². The summed E-state index contributed by atoms with van der Waals surface area (Å²) in [7, 11) is 1.69. The van der Waals surface area contributed by atoms with Gasteiger partial charge in [-0.25, -0.2) is 14.6 Å². The number of carbonyl (C=O) groups is 1. The number of rotatable bonds is 4. The second-order valence-electron chi connectivity index (χ2n) is 5.39. The number of nitrogens with zero attached hydrogens (tertiary/aromatic N) is 5. The van der Waals surface area contributed by atoms with Crippen LogP contribution in [0.2, 0.25) is 0 Å². The zero-order chi connectivity index (χ0) is 17.1. The molecule has 2 heterocycles. The smallest absolute Gasteiger partial charge is 0.276 e. The molecule has 0 radical (unpaired) electrons. The summed E-state index contributed by atoms with van der Waals surface area (Å²) < 4.78 is 1.66. The van der Waals surface area contributed by atoms with Crippen LogP contribution in [-0.4, -0.2) is 42.7 Å². The van der Waals surface area contributed by atoms with Gasteiger partial charge in [-0.3, -0.25) is 4.79 Å². The van der Waals surface area contributed by atoms with Crippen molar-refractivity contribution in [3.63, 3.8) is 0 Å². The maximum atomic E-state index is 12.5. The first-order chi connectivity index (χ1) is 11.6. The molecule has 0 aliphatic rings. The SMILES string of the molecule is C[C@@H](c1ccc(-n2cncn2)cc1)N(C)C(=O)c1ncccc1O. The fraction of sp³-hybridized carbons (Fsp3) is 0.176. The van der Waals surface area contributed by atoms with Crippen molar-refractivity contribution in [2.75, 3.05) is 7.05 Å². The minimum absolute atomic E-state index is 0.0473. The van der Waals surface area contributed by atoms with Crippen LogP contribution in [0, 0.1) is 0 Å². The van der Waals surface area contributed by atoms with Crippen molar-refractivity contribution < 1.29 is 9.90 Å². The highest BCUT2D eigenvalue weighted by Crippen LogP contribution is 2.23. The van der Waals surface area contributed by atoms with Crippen molar-refractivity contribution in [2.24, 2.45) is 0 Å². The van der Waals surface area contributed by atoms with Crippen LogP contribution in [0.5, 0.6) is 5.75 Å². The third-order valence-corrected chi connectivity index (χ3v) is 3.95. The zero-order valence-electron chi connectivity index (χ0n) is 13.4. The maximum absolute atomic E-state index is 12.5. The predicted molar refractivity (Wildman–Crippen MR) is 87.8 cm³/mol. The molecule has 122 valence electrons. The summed E-state index contributed by atoms with van der Waals surface area (Å²) in [6.45, 7) is 1.92. The first kappa shape index (κ1) is 15.7. The van der Waals surface area contributed by atoms with Crippen molar-refractivity contribution in [3.8, 4) is 11.4 Å². The van der Waals surface area contributed by atoms with E-state index in [1.54, 1.807) is 29.0 Å². The van der Waals surface area contributed by atoms with E-state index in [1.165, 1.54) is 18.6 Å². The Morgan fingerprint density at radius 1 is 1.25 bits per heavy atom. The molecule has 0 saturated carbocycles. The van der Waals surface area contributed by atoms with Gasteiger partial charge in [0.15, 0.2) is 5.69 Å². The molecule has 0 aliphatic heterocycles. The number of aromatic hydroxyl groups is 1. The number of carbonyl (C=O) groups excluding carboxylic acids is 1. The summed E-state index contributed by atoms with van der Waals surface area (Å²) in [4.78, 5) is 21.9. The molecule has 7 heteroatoms. The number of aromatic nitrogens is 4. The zero-order valence-corrected chi connectivity index (χ0v) is 13.4. The minimum Gasteiger partial charge on any atom is -0.505 e. The van der Waals surface area contributed by atoms with E-state index in [9.17, 15) is 9.90 Å². The molecule has 1 atom stereocenters.